The standard InChI is InChI=1S/C19H22N6O4/c1-13(2)5-4-6-14(3)11-12-20-23-18(26)21-19-24-22-17(29-19)15-7-9-16(10-8-15)25(27)28/h5-10,12H,4,11H2,1-3H3,(H2,21,23,24,26)/b14-6-,20-12+. The molecule has 0 fully saturated rings. The van der Waals surface area contributed by atoms with E-state index in [1.54, 1.807) is 6.21 Å². The number of nitro groups is 1. The minimum Gasteiger partial charge on any atom is -0.403 e. The number of amides is 2. The molecule has 0 aliphatic rings. The molecule has 0 bridgehead atoms. The second-order valence-corrected chi connectivity index (χ2v) is 6.37. The maximum atomic E-state index is 11.8. The smallest absolute Gasteiger partial charge is 0.343 e. The van der Waals surface area contributed by atoms with Crippen molar-refractivity contribution in [3.63, 3.8) is 0 Å². The summed E-state index contributed by atoms with van der Waals surface area (Å²) in [7, 11) is 0. The van der Waals surface area contributed by atoms with E-state index in [9.17, 15) is 14.9 Å². The summed E-state index contributed by atoms with van der Waals surface area (Å²) in [5.74, 6) is 0.121. The Hall–Kier alpha value is -3.82. The zero-order valence-electron chi connectivity index (χ0n) is 16.4. The van der Waals surface area contributed by atoms with Gasteiger partial charge in [0, 0.05) is 30.3 Å². The number of non-ortho nitro benzene ring substituents is 1. The van der Waals surface area contributed by atoms with E-state index < -0.39 is 11.0 Å². The predicted molar refractivity (Wildman–Crippen MR) is 109 cm³/mol. The highest BCUT2D eigenvalue weighted by Crippen LogP contribution is 2.22. The molecule has 10 nitrogen and oxygen atoms in total. The Morgan fingerprint density at radius 1 is 1.21 bits per heavy atom. The van der Waals surface area contributed by atoms with Gasteiger partial charge < -0.3 is 4.42 Å². The third-order valence-electron chi connectivity index (χ3n) is 3.63. The number of aromatic nitrogens is 2. The molecule has 2 aromatic rings. The number of allylic oxidation sites excluding steroid dienone is 4. The number of nitrogens with zero attached hydrogens (tertiary/aromatic N) is 4. The molecular formula is C19H22N6O4. The molecule has 29 heavy (non-hydrogen) atoms. The van der Waals surface area contributed by atoms with Crippen LogP contribution in [-0.2, 0) is 0 Å². The van der Waals surface area contributed by atoms with E-state index in [-0.39, 0.29) is 17.6 Å². The Balaban J connectivity index is 1.82. The summed E-state index contributed by atoms with van der Waals surface area (Å²) in [6, 6.07) is 4.85. The minimum absolute atomic E-state index is 0.0501. The third kappa shape index (κ3) is 7.37. The van der Waals surface area contributed by atoms with E-state index in [1.807, 2.05) is 20.8 Å². The number of nitro benzene ring substituents is 1. The molecule has 2 rings (SSSR count). The van der Waals surface area contributed by atoms with Crippen molar-refractivity contribution in [1.29, 1.82) is 0 Å². The molecule has 1 heterocycles. The lowest BCUT2D eigenvalue weighted by Crippen LogP contribution is -2.24. The lowest BCUT2D eigenvalue weighted by Gasteiger charge is -1.99. The molecule has 152 valence electrons. The van der Waals surface area contributed by atoms with Gasteiger partial charge >= 0.3 is 12.0 Å². The fourth-order valence-corrected chi connectivity index (χ4v) is 2.11. The van der Waals surface area contributed by atoms with Crippen molar-refractivity contribution in [2.45, 2.75) is 33.6 Å². The number of hydrazone groups is 1. The average Bonchev–Trinajstić information content (AvgIpc) is 3.13. The molecule has 2 amide bonds. The molecule has 2 N–H and O–H groups in total. The normalized spacial score (nSPS) is 11.3. The second-order valence-electron chi connectivity index (χ2n) is 6.37. The van der Waals surface area contributed by atoms with Gasteiger partial charge in [0.2, 0.25) is 5.89 Å². The molecule has 0 unspecified atom stereocenters. The molecule has 1 aromatic heterocycles. The molecule has 0 spiro atoms. The van der Waals surface area contributed by atoms with Crippen molar-refractivity contribution >= 4 is 23.9 Å². The first kappa shape index (κ1) is 21.5. The molecule has 0 saturated carbocycles. The Morgan fingerprint density at radius 3 is 2.59 bits per heavy atom. The van der Waals surface area contributed by atoms with Crippen LogP contribution in [0.1, 0.15) is 33.6 Å². The number of rotatable bonds is 8. The summed E-state index contributed by atoms with van der Waals surface area (Å²) in [5, 5.41) is 24.4. The molecule has 10 heteroatoms. The van der Waals surface area contributed by atoms with Crippen LogP contribution in [0.5, 0.6) is 0 Å². The number of carbonyl (C=O) groups excluding carboxylic acids is 1. The van der Waals surface area contributed by atoms with Gasteiger partial charge in [0.15, 0.2) is 0 Å². The Bertz CT molecular complexity index is 940. The first-order valence-electron chi connectivity index (χ1n) is 8.81. The summed E-state index contributed by atoms with van der Waals surface area (Å²) in [6.07, 6.45) is 7.29. The van der Waals surface area contributed by atoms with Gasteiger partial charge in [-0.05, 0) is 39.3 Å². The Kier molecular flexibility index (Phi) is 7.78. The molecule has 0 radical (unpaired) electrons. The Labute approximate surface area is 167 Å². The van der Waals surface area contributed by atoms with Crippen LogP contribution in [0.25, 0.3) is 11.5 Å². The molecule has 0 saturated heterocycles. The number of hydrogen-bond acceptors (Lipinski definition) is 7. The summed E-state index contributed by atoms with van der Waals surface area (Å²) in [4.78, 5) is 22.0. The van der Waals surface area contributed by atoms with E-state index in [0.717, 1.165) is 12.0 Å². The van der Waals surface area contributed by atoms with Gasteiger partial charge in [-0.3, -0.25) is 15.4 Å². The third-order valence-corrected chi connectivity index (χ3v) is 3.63. The van der Waals surface area contributed by atoms with Crippen LogP contribution < -0.4 is 10.7 Å². The topological polar surface area (TPSA) is 136 Å². The summed E-state index contributed by atoms with van der Waals surface area (Å²) < 4.78 is 5.32. The Morgan fingerprint density at radius 2 is 1.93 bits per heavy atom. The van der Waals surface area contributed by atoms with Crippen LogP contribution in [-0.4, -0.2) is 27.4 Å². The predicted octanol–water partition coefficient (Wildman–Crippen LogP) is 4.44. The van der Waals surface area contributed by atoms with Crippen LogP contribution in [0.15, 0.2) is 57.1 Å². The van der Waals surface area contributed by atoms with Crippen molar-refractivity contribution in [1.82, 2.24) is 15.6 Å². The number of urea groups is 1. The average molecular weight is 398 g/mol. The van der Waals surface area contributed by atoms with Crippen molar-refractivity contribution in [2.75, 3.05) is 5.32 Å². The monoisotopic (exact) mass is 398 g/mol. The van der Waals surface area contributed by atoms with Crippen LogP contribution >= 0.6 is 0 Å². The van der Waals surface area contributed by atoms with Gasteiger partial charge in [-0.2, -0.15) is 5.10 Å². The zero-order chi connectivity index (χ0) is 21.2. The van der Waals surface area contributed by atoms with Crippen LogP contribution in [0.2, 0.25) is 0 Å². The number of hydrogen-bond donors (Lipinski definition) is 2. The fourth-order valence-electron chi connectivity index (χ4n) is 2.11. The minimum atomic E-state index is -0.633. The highest BCUT2D eigenvalue weighted by Gasteiger charge is 2.12. The zero-order valence-corrected chi connectivity index (χ0v) is 16.4. The van der Waals surface area contributed by atoms with E-state index >= 15 is 0 Å². The van der Waals surface area contributed by atoms with Gasteiger partial charge in [0.1, 0.15) is 0 Å². The van der Waals surface area contributed by atoms with Crippen molar-refractivity contribution in [2.24, 2.45) is 5.10 Å². The highest BCUT2D eigenvalue weighted by molar-refractivity contribution is 5.87. The van der Waals surface area contributed by atoms with Crippen molar-refractivity contribution in [3.8, 4) is 11.5 Å². The summed E-state index contributed by atoms with van der Waals surface area (Å²) in [6.45, 7) is 6.08. The maximum absolute atomic E-state index is 11.8. The number of anilines is 1. The maximum Gasteiger partial charge on any atom is 0.343 e. The molecule has 0 atom stereocenters. The fraction of sp³-hybridized carbons (Fsp3) is 0.263. The number of carbonyl (C=O) groups is 1. The molecule has 1 aromatic carbocycles. The van der Waals surface area contributed by atoms with E-state index in [2.05, 4.69) is 38.2 Å². The lowest BCUT2D eigenvalue weighted by atomic mass is 10.1. The summed E-state index contributed by atoms with van der Waals surface area (Å²) >= 11 is 0. The SMILES string of the molecule is CC(C)=CC/C=C(/C)C/C=N/NC(=O)Nc1nnc(-c2ccc([N+](=O)[O-])cc2)o1. The quantitative estimate of drug-likeness (QED) is 0.292. The molecular weight excluding hydrogens is 376 g/mol. The highest BCUT2D eigenvalue weighted by atomic mass is 16.6. The van der Waals surface area contributed by atoms with Crippen LogP contribution in [0, 0.1) is 10.1 Å². The van der Waals surface area contributed by atoms with Gasteiger partial charge in [-0.1, -0.05) is 28.4 Å². The van der Waals surface area contributed by atoms with Crippen molar-refractivity contribution < 1.29 is 14.1 Å². The van der Waals surface area contributed by atoms with Crippen LogP contribution in [0.4, 0.5) is 16.5 Å². The van der Waals surface area contributed by atoms with Gasteiger partial charge in [0.05, 0.1) is 4.92 Å². The number of nitrogens with one attached hydrogen (secondary N) is 2. The van der Waals surface area contributed by atoms with Crippen LogP contribution in [0.3, 0.4) is 0 Å². The van der Waals surface area contributed by atoms with Gasteiger partial charge in [-0.25, -0.2) is 10.2 Å². The number of benzene rings is 1. The lowest BCUT2D eigenvalue weighted by molar-refractivity contribution is -0.384. The largest absolute Gasteiger partial charge is 0.403 e. The second kappa shape index (κ2) is 10.5. The van der Waals surface area contributed by atoms with E-state index in [0.29, 0.717) is 12.0 Å². The van der Waals surface area contributed by atoms with E-state index in [4.69, 9.17) is 4.42 Å². The molecule has 0 aliphatic carbocycles. The first-order chi connectivity index (χ1) is 13.8. The van der Waals surface area contributed by atoms with Gasteiger partial charge in [-0.15, -0.1) is 5.10 Å². The van der Waals surface area contributed by atoms with E-state index in [1.165, 1.54) is 29.8 Å². The molecule has 0 aliphatic heterocycles. The van der Waals surface area contributed by atoms with Crippen molar-refractivity contribution in [3.05, 3.63) is 57.7 Å². The summed E-state index contributed by atoms with van der Waals surface area (Å²) in [5.41, 5.74) is 5.15. The first-order valence-corrected chi connectivity index (χ1v) is 8.81. The van der Waals surface area contributed by atoms with Gasteiger partial charge in [0.25, 0.3) is 5.69 Å².